The molecule has 3 atom stereocenters. The van der Waals surface area contributed by atoms with Crippen molar-refractivity contribution >= 4 is 5.91 Å². The number of aliphatic hydroxyl groups excluding tert-OH is 3. The van der Waals surface area contributed by atoms with Crippen LogP contribution in [0.2, 0.25) is 0 Å². The molecule has 0 saturated heterocycles. The predicted octanol–water partition coefficient (Wildman–Crippen LogP) is 10.9. The molecule has 45 heavy (non-hydrogen) atoms. The molecule has 0 fully saturated rings. The number of aliphatic hydroxyl groups is 3. The highest BCUT2D eigenvalue weighted by Crippen LogP contribution is 2.15. The molecular formula is C40H79NO4. The van der Waals surface area contributed by atoms with E-state index in [0.717, 1.165) is 44.9 Å². The van der Waals surface area contributed by atoms with E-state index in [2.05, 4.69) is 31.3 Å². The Hall–Kier alpha value is -0.910. The normalized spacial score (nSPS) is 13.8. The summed E-state index contributed by atoms with van der Waals surface area (Å²) in [7, 11) is 0. The Morgan fingerprint density at radius 3 is 1.22 bits per heavy atom. The fourth-order valence-corrected chi connectivity index (χ4v) is 6.18. The summed E-state index contributed by atoms with van der Waals surface area (Å²) in [6.45, 7) is 4.22. The van der Waals surface area contributed by atoms with Crippen LogP contribution in [0.5, 0.6) is 0 Å². The average molecular weight is 638 g/mol. The zero-order chi connectivity index (χ0) is 33.1. The molecule has 0 spiro atoms. The molecular weight excluding hydrogens is 558 g/mol. The van der Waals surface area contributed by atoms with E-state index in [1.807, 2.05) is 0 Å². The molecule has 3 unspecified atom stereocenters. The van der Waals surface area contributed by atoms with Gasteiger partial charge in [-0.25, -0.2) is 0 Å². The molecule has 5 heteroatoms. The zero-order valence-corrected chi connectivity index (χ0v) is 30.3. The molecule has 0 rings (SSSR count). The quantitative estimate of drug-likeness (QED) is 0.0406. The van der Waals surface area contributed by atoms with Gasteiger partial charge in [0.25, 0.3) is 0 Å². The van der Waals surface area contributed by atoms with Gasteiger partial charge in [-0.2, -0.15) is 0 Å². The molecule has 1 amide bonds. The number of amides is 1. The maximum atomic E-state index is 12.4. The molecule has 0 saturated carbocycles. The summed E-state index contributed by atoms with van der Waals surface area (Å²) in [4.78, 5) is 12.4. The molecule has 0 aliphatic heterocycles. The SMILES string of the molecule is CCCCCCCCCCC/C=C\CCCCCCC(O)C(=O)NC(CO)C(O)CCCCCCCCCCCCCCCC. The highest BCUT2D eigenvalue weighted by atomic mass is 16.3. The van der Waals surface area contributed by atoms with Crippen LogP contribution in [0.25, 0.3) is 0 Å². The van der Waals surface area contributed by atoms with Crippen LogP contribution in [-0.2, 0) is 4.79 Å². The van der Waals surface area contributed by atoms with Crippen molar-refractivity contribution in [1.29, 1.82) is 0 Å². The Morgan fingerprint density at radius 2 is 0.844 bits per heavy atom. The van der Waals surface area contributed by atoms with Crippen LogP contribution < -0.4 is 5.32 Å². The fraction of sp³-hybridized carbons (Fsp3) is 0.925. The minimum absolute atomic E-state index is 0.315. The summed E-state index contributed by atoms with van der Waals surface area (Å²) < 4.78 is 0. The second-order valence-corrected chi connectivity index (χ2v) is 13.8. The third-order valence-electron chi connectivity index (χ3n) is 9.38. The number of carbonyl (C=O) groups is 1. The lowest BCUT2D eigenvalue weighted by Gasteiger charge is -2.23. The monoisotopic (exact) mass is 638 g/mol. The smallest absolute Gasteiger partial charge is 0.249 e. The standard InChI is InChI=1S/C40H79NO4/c1-3-5-7-9-11-13-15-17-19-20-21-23-25-27-29-31-33-35-39(44)40(45)41-37(36-42)38(43)34-32-30-28-26-24-22-18-16-14-12-10-8-6-4-2/h21,23,37-39,42-44H,3-20,22,24-36H2,1-2H3,(H,41,45)/b23-21-. The molecule has 0 heterocycles. The minimum Gasteiger partial charge on any atom is -0.394 e. The second kappa shape index (κ2) is 35.9. The average Bonchev–Trinajstić information content (AvgIpc) is 3.04. The highest BCUT2D eigenvalue weighted by molar-refractivity contribution is 5.80. The van der Waals surface area contributed by atoms with E-state index >= 15 is 0 Å². The van der Waals surface area contributed by atoms with E-state index in [0.29, 0.717) is 12.8 Å². The summed E-state index contributed by atoms with van der Waals surface area (Å²) >= 11 is 0. The zero-order valence-electron chi connectivity index (χ0n) is 30.3. The van der Waals surface area contributed by atoms with Crippen LogP contribution in [0, 0.1) is 0 Å². The number of carbonyl (C=O) groups excluding carboxylic acids is 1. The molecule has 268 valence electrons. The first kappa shape index (κ1) is 44.1. The van der Waals surface area contributed by atoms with Gasteiger partial charge in [0.2, 0.25) is 5.91 Å². The maximum Gasteiger partial charge on any atom is 0.249 e. The summed E-state index contributed by atoms with van der Waals surface area (Å²) in [6, 6.07) is -0.712. The van der Waals surface area contributed by atoms with Crippen LogP contribution >= 0.6 is 0 Å². The Balaban J connectivity index is 3.67. The lowest BCUT2D eigenvalue weighted by molar-refractivity contribution is -0.131. The molecule has 0 aromatic carbocycles. The maximum absolute atomic E-state index is 12.4. The summed E-state index contributed by atoms with van der Waals surface area (Å²) in [5.74, 6) is -0.478. The van der Waals surface area contributed by atoms with E-state index in [1.54, 1.807) is 0 Å². The number of allylic oxidation sites excluding steroid dienone is 2. The van der Waals surface area contributed by atoms with E-state index < -0.39 is 24.2 Å². The van der Waals surface area contributed by atoms with E-state index in [1.165, 1.54) is 141 Å². The summed E-state index contributed by atoms with van der Waals surface area (Å²) in [5.41, 5.74) is 0. The largest absolute Gasteiger partial charge is 0.394 e. The third kappa shape index (κ3) is 31.5. The van der Waals surface area contributed by atoms with Gasteiger partial charge in [0.1, 0.15) is 6.10 Å². The van der Waals surface area contributed by atoms with Gasteiger partial charge in [0.05, 0.1) is 18.8 Å². The van der Waals surface area contributed by atoms with Crippen molar-refractivity contribution in [1.82, 2.24) is 5.32 Å². The van der Waals surface area contributed by atoms with Gasteiger partial charge >= 0.3 is 0 Å². The van der Waals surface area contributed by atoms with Gasteiger partial charge in [-0.3, -0.25) is 4.79 Å². The van der Waals surface area contributed by atoms with E-state index in [4.69, 9.17) is 0 Å². The fourth-order valence-electron chi connectivity index (χ4n) is 6.18. The summed E-state index contributed by atoms with van der Waals surface area (Å²) in [6.07, 6.45) is 40.5. The van der Waals surface area contributed by atoms with Crippen LogP contribution in [0.3, 0.4) is 0 Å². The van der Waals surface area contributed by atoms with Gasteiger partial charge in [-0.15, -0.1) is 0 Å². The van der Waals surface area contributed by atoms with Crippen LogP contribution in [-0.4, -0.2) is 46.1 Å². The highest BCUT2D eigenvalue weighted by Gasteiger charge is 2.23. The first-order valence-corrected chi connectivity index (χ1v) is 20.0. The van der Waals surface area contributed by atoms with Crippen molar-refractivity contribution < 1.29 is 20.1 Å². The van der Waals surface area contributed by atoms with Crippen LogP contribution in [0.1, 0.15) is 213 Å². The van der Waals surface area contributed by atoms with Gasteiger partial charge in [-0.05, 0) is 38.5 Å². The van der Waals surface area contributed by atoms with Gasteiger partial charge in [0.15, 0.2) is 0 Å². The minimum atomic E-state index is -1.08. The van der Waals surface area contributed by atoms with Crippen molar-refractivity contribution in [3.05, 3.63) is 12.2 Å². The summed E-state index contributed by atoms with van der Waals surface area (Å²) in [5, 5.41) is 33.2. The molecule has 4 N–H and O–H groups in total. The van der Waals surface area contributed by atoms with Gasteiger partial charge < -0.3 is 20.6 Å². The molecule has 0 radical (unpaired) electrons. The Morgan fingerprint density at radius 1 is 0.511 bits per heavy atom. The van der Waals surface area contributed by atoms with Gasteiger partial charge in [0, 0.05) is 0 Å². The Labute approximate surface area is 280 Å². The number of rotatable bonds is 36. The number of hydrogen-bond donors (Lipinski definition) is 4. The molecule has 0 aliphatic carbocycles. The number of nitrogens with one attached hydrogen (secondary N) is 1. The van der Waals surface area contributed by atoms with Crippen LogP contribution in [0.4, 0.5) is 0 Å². The van der Waals surface area contributed by atoms with Gasteiger partial charge in [-0.1, -0.05) is 187 Å². The first-order chi connectivity index (χ1) is 22.1. The van der Waals surface area contributed by atoms with Crippen molar-refractivity contribution in [3.8, 4) is 0 Å². The van der Waals surface area contributed by atoms with E-state index in [-0.39, 0.29) is 6.61 Å². The lowest BCUT2D eigenvalue weighted by atomic mass is 10.0. The number of unbranched alkanes of at least 4 members (excludes halogenated alkanes) is 26. The van der Waals surface area contributed by atoms with Crippen molar-refractivity contribution in [2.24, 2.45) is 0 Å². The van der Waals surface area contributed by atoms with Crippen LogP contribution in [0.15, 0.2) is 12.2 Å². The Kier molecular flexibility index (Phi) is 35.2. The lowest BCUT2D eigenvalue weighted by Crippen LogP contribution is -2.49. The topological polar surface area (TPSA) is 89.8 Å². The first-order valence-electron chi connectivity index (χ1n) is 20.0. The van der Waals surface area contributed by atoms with Crippen molar-refractivity contribution in [2.75, 3.05) is 6.61 Å². The predicted molar refractivity (Wildman–Crippen MR) is 195 cm³/mol. The third-order valence-corrected chi connectivity index (χ3v) is 9.38. The molecule has 0 aromatic heterocycles. The molecule has 0 aliphatic rings. The Bertz CT molecular complexity index is 625. The van der Waals surface area contributed by atoms with E-state index in [9.17, 15) is 20.1 Å². The second-order valence-electron chi connectivity index (χ2n) is 13.8. The number of hydrogen-bond acceptors (Lipinski definition) is 4. The molecule has 0 aromatic rings. The van der Waals surface area contributed by atoms with Crippen molar-refractivity contribution in [2.45, 2.75) is 231 Å². The van der Waals surface area contributed by atoms with Crippen molar-refractivity contribution in [3.63, 3.8) is 0 Å². The molecule has 0 bridgehead atoms. The molecule has 5 nitrogen and oxygen atoms in total.